The molecule has 1 aliphatic rings. The van der Waals surface area contributed by atoms with Crippen molar-refractivity contribution in [1.82, 2.24) is 10.2 Å². The molecule has 1 N–H and O–H groups in total. The van der Waals surface area contributed by atoms with Gasteiger partial charge in [0.15, 0.2) is 5.96 Å². The third-order valence-corrected chi connectivity index (χ3v) is 4.43. The number of nitrogens with zero attached hydrogens (tertiary/aromatic N) is 2. The number of halogens is 1. The molecule has 2 rings (SSSR count). The van der Waals surface area contributed by atoms with Crippen LogP contribution in [0.4, 0.5) is 0 Å². The number of hydrogen-bond acceptors (Lipinski definition) is 4. The highest BCUT2D eigenvalue weighted by molar-refractivity contribution is 14.0. The van der Waals surface area contributed by atoms with Crippen molar-refractivity contribution >= 4 is 41.3 Å². The Hall–Kier alpha value is -0.380. The first-order valence-corrected chi connectivity index (χ1v) is 8.86. The number of hydrogen-bond donors (Lipinski definition) is 1. The Morgan fingerprint density at radius 2 is 2.26 bits per heavy atom. The summed E-state index contributed by atoms with van der Waals surface area (Å²) in [4.78, 5) is 6.47. The smallest absolute Gasteiger partial charge is 0.193 e. The SMILES string of the molecule is CN=C(NCCCOC1CCOCC1)N(C)Cc1ccsc1.I. The number of nitrogens with one attached hydrogen (secondary N) is 1. The van der Waals surface area contributed by atoms with Gasteiger partial charge in [0.25, 0.3) is 0 Å². The van der Waals surface area contributed by atoms with Gasteiger partial charge in [0.2, 0.25) is 0 Å². The Morgan fingerprint density at radius 1 is 1.48 bits per heavy atom. The van der Waals surface area contributed by atoms with Crippen LogP contribution >= 0.6 is 35.3 Å². The molecule has 0 radical (unpaired) electrons. The van der Waals surface area contributed by atoms with E-state index in [9.17, 15) is 0 Å². The fourth-order valence-electron chi connectivity index (χ4n) is 2.48. The minimum Gasteiger partial charge on any atom is -0.381 e. The van der Waals surface area contributed by atoms with Gasteiger partial charge in [-0.25, -0.2) is 0 Å². The third-order valence-electron chi connectivity index (χ3n) is 3.70. The minimum atomic E-state index is 0. The maximum atomic E-state index is 5.87. The predicted molar refractivity (Wildman–Crippen MR) is 107 cm³/mol. The van der Waals surface area contributed by atoms with Gasteiger partial charge in [-0.15, -0.1) is 24.0 Å². The largest absolute Gasteiger partial charge is 0.381 e. The van der Waals surface area contributed by atoms with Crippen molar-refractivity contribution in [1.29, 1.82) is 0 Å². The lowest BCUT2D eigenvalue weighted by atomic mass is 10.1. The van der Waals surface area contributed by atoms with Crippen molar-refractivity contribution in [3.63, 3.8) is 0 Å². The van der Waals surface area contributed by atoms with Crippen LogP contribution in [0.15, 0.2) is 21.8 Å². The van der Waals surface area contributed by atoms with Gasteiger partial charge < -0.3 is 19.7 Å². The Labute approximate surface area is 160 Å². The van der Waals surface area contributed by atoms with E-state index in [1.807, 2.05) is 7.05 Å². The standard InChI is InChI=1S/C16H27N3O2S.HI/c1-17-16(19(2)12-14-6-11-22-13-14)18-7-3-8-21-15-4-9-20-10-5-15;/h6,11,13,15H,3-5,7-10,12H2,1-2H3,(H,17,18);1H. The van der Waals surface area contributed by atoms with Crippen LogP contribution in [-0.2, 0) is 16.0 Å². The van der Waals surface area contributed by atoms with Gasteiger partial charge in [0.1, 0.15) is 0 Å². The first kappa shape index (κ1) is 20.7. The zero-order valence-corrected chi connectivity index (χ0v) is 17.1. The molecule has 0 saturated carbocycles. The van der Waals surface area contributed by atoms with Crippen LogP contribution in [0.1, 0.15) is 24.8 Å². The molecule has 0 atom stereocenters. The van der Waals surface area contributed by atoms with Crippen molar-refractivity contribution in [2.45, 2.75) is 31.9 Å². The maximum Gasteiger partial charge on any atom is 0.193 e. The monoisotopic (exact) mass is 453 g/mol. The van der Waals surface area contributed by atoms with Crippen molar-refractivity contribution in [3.8, 4) is 0 Å². The lowest BCUT2D eigenvalue weighted by molar-refractivity contribution is -0.0320. The molecule has 1 aromatic heterocycles. The maximum absolute atomic E-state index is 5.87. The van der Waals surface area contributed by atoms with Crippen LogP contribution in [0.3, 0.4) is 0 Å². The summed E-state index contributed by atoms with van der Waals surface area (Å²) in [5, 5.41) is 7.67. The van der Waals surface area contributed by atoms with Crippen LogP contribution in [-0.4, -0.2) is 57.4 Å². The summed E-state index contributed by atoms with van der Waals surface area (Å²) in [7, 11) is 3.89. The van der Waals surface area contributed by atoms with E-state index >= 15 is 0 Å². The highest BCUT2D eigenvalue weighted by Crippen LogP contribution is 2.10. The van der Waals surface area contributed by atoms with Gasteiger partial charge in [-0.2, -0.15) is 11.3 Å². The second kappa shape index (κ2) is 12.0. The third kappa shape index (κ3) is 7.82. The summed E-state index contributed by atoms with van der Waals surface area (Å²) in [6.45, 7) is 4.22. The molecular formula is C16H28IN3O2S. The van der Waals surface area contributed by atoms with Crippen molar-refractivity contribution in [3.05, 3.63) is 22.4 Å². The van der Waals surface area contributed by atoms with E-state index < -0.39 is 0 Å². The van der Waals surface area contributed by atoms with Gasteiger partial charge in [-0.1, -0.05) is 0 Å². The summed E-state index contributed by atoms with van der Waals surface area (Å²) in [5.41, 5.74) is 1.32. The zero-order chi connectivity index (χ0) is 15.6. The Balaban J connectivity index is 0.00000264. The van der Waals surface area contributed by atoms with E-state index in [-0.39, 0.29) is 24.0 Å². The van der Waals surface area contributed by atoms with Crippen LogP contribution in [0.25, 0.3) is 0 Å². The number of rotatable bonds is 7. The first-order chi connectivity index (χ1) is 10.8. The summed E-state index contributed by atoms with van der Waals surface area (Å²) < 4.78 is 11.2. The van der Waals surface area contributed by atoms with Crippen molar-refractivity contribution in [2.75, 3.05) is 40.5 Å². The second-order valence-electron chi connectivity index (χ2n) is 5.50. The van der Waals surface area contributed by atoms with E-state index in [1.165, 1.54) is 5.56 Å². The molecule has 1 fully saturated rings. The van der Waals surface area contributed by atoms with Crippen LogP contribution in [0.2, 0.25) is 0 Å². The molecule has 0 aliphatic carbocycles. The second-order valence-corrected chi connectivity index (χ2v) is 6.28. The van der Waals surface area contributed by atoms with Gasteiger partial charge in [0, 0.05) is 47.0 Å². The van der Waals surface area contributed by atoms with Gasteiger partial charge in [0.05, 0.1) is 6.10 Å². The predicted octanol–water partition coefficient (Wildman–Crippen LogP) is 2.96. The van der Waals surface area contributed by atoms with Gasteiger partial charge in [-0.05, 0) is 41.7 Å². The molecule has 7 heteroatoms. The average Bonchev–Trinajstić information content (AvgIpc) is 3.04. The van der Waals surface area contributed by atoms with E-state index in [2.05, 4.69) is 39.1 Å². The van der Waals surface area contributed by atoms with Crippen LogP contribution < -0.4 is 5.32 Å². The number of aliphatic imine (C=N–C) groups is 1. The average molecular weight is 453 g/mol. The zero-order valence-electron chi connectivity index (χ0n) is 14.0. The van der Waals surface area contributed by atoms with Gasteiger partial charge in [-0.3, -0.25) is 4.99 Å². The molecule has 0 bridgehead atoms. The molecule has 23 heavy (non-hydrogen) atoms. The lowest BCUT2D eigenvalue weighted by Crippen LogP contribution is -2.39. The quantitative estimate of drug-likeness (QED) is 0.299. The highest BCUT2D eigenvalue weighted by Gasteiger charge is 2.13. The molecule has 2 heterocycles. The molecule has 0 amide bonds. The van der Waals surface area contributed by atoms with Gasteiger partial charge >= 0.3 is 0 Å². The lowest BCUT2D eigenvalue weighted by Gasteiger charge is -2.23. The van der Waals surface area contributed by atoms with Crippen molar-refractivity contribution in [2.24, 2.45) is 4.99 Å². The molecule has 0 unspecified atom stereocenters. The normalized spacial score (nSPS) is 16.0. The van der Waals surface area contributed by atoms with Crippen LogP contribution in [0.5, 0.6) is 0 Å². The fraction of sp³-hybridized carbons (Fsp3) is 0.688. The summed E-state index contributed by atoms with van der Waals surface area (Å²) in [5.74, 6) is 0.928. The van der Waals surface area contributed by atoms with E-state index in [0.29, 0.717) is 6.10 Å². The Morgan fingerprint density at radius 3 is 2.91 bits per heavy atom. The number of ether oxygens (including phenoxy) is 2. The molecule has 0 aromatic carbocycles. The summed E-state index contributed by atoms with van der Waals surface area (Å²) >= 11 is 1.73. The van der Waals surface area contributed by atoms with E-state index in [0.717, 1.165) is 58.1 Å². The first-order valence-electron chi connectivity index (χ1n) is 7.92. The highest BCUT2D eigenvalue weighted by atomic mass is 127. The van der Waals surface area contributed by atoms with Crippen molar-refractivity contribution < 1.29 is 9.47 Å². The molecule has 5 nitrogen and oxygen atoms in total. The van der Waals surface area contributed by atoms with Crippen LogP contribution in [0, 0.1) is 0 Å². The molecule has 1 aliphatic heterocycles. The molecule has 0 spiro atoms. The number of thiophene rings is 1. The molecule has 1 saturated heterocycles. The van der Waals surface area contributed by atoms with E-state index in [4.69, 9.17) is 9.47 Å². The Kier molecular flexibility index (Phi) is 10.8. The topological polar surface area (TPSA) is 46.1 Å². The van der Waals surface area contributed by atoms with E-state index in [1.54, 1.807) is 11.3 Å². The number of guanidine groups is 1. The molecule has 1 aromatic rings. The summed E-state index contributed by atoms with van der Waals surface area (Å²) in [6, 6.07) is 2.15. The minimum absolute atomic E-state index is 0. The molecular weight excluding hydrogens is 425 g/mol. The fourth-order valence-corrected chi connectivity index (χ4v) is 3.14. The Bertz CT molecular complexity index is 437. The summed E-state index contributed by atoms with van der Waals surface area (Å²) in [6.07, 6.45) is 3.42. The molecule has 132 valence electrons.